The zero-order chi connectivity index (χ0) is 13.3. The summed E-state index contributed by atoms with van der Waals surface area (Å²) in [5.74, 6) is -0.213. The van der Waals surface area contributed by atoms with Crippen LogP contribution in [0.4, 0.5) is 5.82 Å². The van der Waals surface area contributed by atoms with Gasteiger partial charge < -0.3 is 10.1 Å². The Morgan fingerprint density at radius 1 is 1.39 bits per heavy atom. The number of nitro groups is 1. The van der Waals surface area contributed by atoms with E-state index in [4.69, 9.17) is 23.2 Å². The van der Waals surface area contributed by atoms with Gasteiger partial charge in [-0.1, -0.05) is 29.3 Å². The number of hydrogen-bond acceptors (Lipinski definition) is 3. The summed E-state index contributed by atoms with van der Waals surface area (Å²) in [4.78, 5) is 10.1. The van der Waals surface area contributed by atoms with Gasteiger partial charge in [-0.05, 0) is 38.5 Å². The second-order valence-corrected chi connectivity index (χ2v) is 5.17. The van der Waals surface area contributed by atoms with Gasteiger partial charge in [0.1, 0.15) is 4.47 Å². The second kappa shape index (κ2) is 5.26. The molecule has 0 aliphatic rings. The van der Waals surface area contributed by atoms with Gasteiger partial charge in [-0.15, -0.1) is 0 Å². The van der Waals surface area contributed by atoms with Gasteiger partial charge in [0.25, 0.3) is 0 Å². The fraction of sp³-hybridized carbons (Fsp3) is 0.100. The molecule has 0 atom stereocenters. The molecule has 0 saturated carbocycles. The molecule has 18 heavy (non-hydrogen) atoms. The number of rotatable bonds is 3. The maximum Gasteiger partial charge on any atom is 0.404 e. The monoisotopic (exact) mass is 349 g/mol. The van der Waals surface area contributed by atoms with Crippen molar-refractivity contribution in [1.82, 2.24) is 9.78 Å². The standard InChI is InChI=1S/C10H6BrCl2N3O2/c11-7-5-15(14-10(7)16(17)18)4-6-1-2-8(12)9(13)3-6/h1-3,5H,4H2. The summed E-state index contributed by atoms with van der Waals surface area (Å²) < 4.78 is 1.80. The normalized spacial score (nSPS) is 10.6. The lowest BCUT2D eigenvalue weighted by atomic mass is 10.2. The first-order chi connectivity index (χ1) is 8.47. The zero-order valence-corrected chi connectivity index (χ0v) is 11.9. The van der Waals surface area contributed by atoms with E-state index in [-0.39, 0.29) is 5.82 Å². The highest BCUT2D eigenvalue weighted by atomic mass is 79.9. The minimum absolute atomic E-state index is 0.213. The highest BCUT2D eigenvalue weighted by Gasteiger charge is 2.18. The van der Waals surface area contributed by atoms with Gasteiger partial charge in [0.05, 0.1) is 27.9 Å². The van der Waals surface area contributed by atoms with Gasteiger partial charge in [-0.3, -0.25) is 0 Å². The summed E-state index contributed by atoms with van der Waals surface area (Å²) in [5, 5.41) is 15.4. The lowest BCUT2D eigenvalue weighted by Crippen LogP contribution is -2.01. The number of aromatic nitrogens is 2. The largest absolute Gasteiger partial charge is 0.404 e. The van der Waals surface area contributed by atoms with E-state index in [1.54, 1.807) is 24.4 Å². The van der Waals surface area contributed by atoms with Crippen LogP contribution in [0.1, 0.15) is 5.56 Å². The molecular formula is C10H6BrCl2N3O2. The molecule has 0 N–H and O–H groups in total. The van der Waals surface area contributed by atoms with E-state index in [0.717, 1.165) is 5.56 Å². The van der Waals surface area contributed by atoms with Gasteiger partial charge in [-0.25, -0.2) is 0 Å². The molecule has 0 unspecified atom stereocenters. The molecule has 0 spiro atoms. The number of nitrogens with zero attached hydrogens (tertiary/aromatic N) is 3. The Bertz CT molecular complexity index is 615. The predicted molar refractivity (Wildman–Crippen MR) is 72.1 cm³/mol. The fourth-order valence-corrected chi connectivity index (χ4v) is 2.20. The first kappa shape index (κ1) is 13.3. The Kier molecular flexibility index (Phi) is 3.89. The number of hydrogen-bond donors (Lipinski definition) is 0. The maximum absolute atomic E-state index is 10.6. The molecule has 2 rings (SSSR count). The first-order valence-corrected chi connectivity index (χ1v) is 6.33. The Hall–Kier alpha value is -1.11. The topological polar surface area (TPSA) is 61.0 Å². The molecule has 0 amide bonds. The molecule has 2 aromatic rings. The van der Waals surface area contributed by atoms with Crippen molar-refractivity contribution in [3.05, 3.63) is 54.6 Å². The summed E-state index contributed by atoms with van der Waals surface area (Å²) in [6, 6.07) is 5.16. The molecular weight excluding hydrogens is 345 g/mol. The summed E-state index contributed by atoms with van der Waals surface area (Å²) in [5.41, 5.74) is 0.856. The highest BCUT2D eigenvalue weighted by Crippen LogP contribution is 2.25. The smallest absolute Gasteiger partial charge is 0.358 e. The van der Waals surface area contributed by atoms with Gasteiger partial charge >= 0.3 is 5.82 Å². The van der Waals surface area contributed by atoms with Crippen LogP contribution in [0.15, 0.2) is 28.9 Å². The molecule has 1 heterocycles. The third-order valence-corrected chi connectivity index (χ3v) is 3.50. The molecule has 8 heteroatoms. The van der Waals surface area contributed by atoms with Crippen molar-refractivity contribution in [1.29, 1.82) is 0 Å². The van der Waals surface area contributed by atoms with Crippen LogP contribution in [0, 0.1) is 10.1 Å². The van der Waals surface area contributed by atoms with E-state index in [9.17, 15) is 10.1 Å². The zero-order valence-electron chi connectivity index (χ0n) is 8.81. The number of benzene rings is 1. The molecule has 0 aliphatic carbocycles. The molecule has 1 aromatic heterocycles. The van der Waals surface area contributed by atoms with Gasteiger partial charge in [0.15, 0.2) is 0 Å². The second-order valence-electron chi connectivity index (χ2n) is 3.50. The Balaban J connectivity index is 2.26. The molecule has 0 saturated heterocycles. The van der Waals surface area contributed by atoms with E-state index in [0.29, 0.717) is 21.1 Å². The quantitative estimate of drug-likeness (QED) is 0.622. The van der Waals surface area contributed by atoms with E-state index in [2.05, 4.69) is 21.0 Å². The van der Waals surface area contributed by atoms with E-state index in [1.165, 1.54) is 4.68 Å². The lowest BCUT2D eigenvalue weighted by Gasteiger charge is -2.00. The average molecular weight is 351 g/mol. The van der Waals surface area contributed by atoms with Crippen LogP contribution in [0.3, 0.4) is 0 Å². The van der Waals surface area contributed by atoms with Crippen molar-refractivity contribution < 1.29 is 4.92 Å². The predicted octanol–water partition coefficient (Wildman–Crippen LogP) is 3.91. The van der Waals surface area contributed by atoms with Gasteiger partial charge in [0, 0.05) is 0 Å². The Labute approximate surface area is 121 Å². The molecule has 0 fully saturated rings. The Morgan fingerprint density at radius 2 is 2.11 bits per heavy atom. The van der Waals surface area contributed by atoms with E-state index >= 15 is 0 Å². The molecule has 0 radical (unpaired) electrons. The van der Waals surface area contributed by atoms with Crippen LogP contribution in [0.5, 0.6) is 0 Å². The summed E-state index contributed by atoms with van der Waals surface area (Å²) >= 11 is 14.8. The average Bonchev–Trinajstić information content (AvgIpc) is 2.65. The lowest BCUT2D eigenvalue weighted by molar-refractivity contribution is -0.390. The summed E-state index contributed by atoms with van der Waals surface area (Å²) in [6.45, 7) is 0.378. The van der Waals surface area contributed by atoms with Crippen LogP contribution in [0.2, 0.25) is 10.0 Å². The molecule has 5 nitrogen and oxygen atoms in total. The minimum Gasteiger partial charge on any atom is -0.358 e. The molecule has 1 aromatic carbocycles. The van der Waals surface area contributed by atoms with Crippen molar-refractivity contribution in [3.63, 3.8) is 0 Å². The highest BCUT2D eigenvalue weighted by molar-refractivity contribution is 9.10. The summed E-state index contributed by atoms with van der Waals surface area (Å²) in [7, 11) is 0. The fourth-order valence-electron chi connectivity index (χ4n) is 1.42. The van der Waals surface area contributed by atoms with Crippen LogP contribution >= 0.6 is 39.1 Å². The molecule has 0 aliphatic heterocycles. The SMILES string of the molecule is O=[N+]([O-])c1nn(Cc2ccc(Cl)c(Cl)c2)cc1Br. The van der Waals surface area contributed by atoms with Crippen molar-refractivity contribution >= 4 is 44.9 Å². The van der Waals surface area contributed by atoms with Crippen LogP contribution in [-0.2, 0) is 6.54 Å². The maximum atomic E-state index is 10.6. The van der Waals surface area contributed by atoms with Gasteiger partial charge in [-0.2, -0.15) is 4.68 Å². The number of halogens is 3. The van der Waals surface area contributed by atoms with Crippen molar-refractivity contribution in [2.45, 2.75) is 6.54 Å². The van der Waals surface area contributed by atoms with Crippen LogP contribution < -0.4 is 0 Å². The third-order valence-electron chi connectivity index (χ3n) is 2.20. The summed E-state index contributed by atoms with van der Waals surface area (Å²) in [6.07, 6.45) is 1.54. The molecule has 0 bridgehead atoms. The minimum atomic E-state index is -0.546. The van der Waals surface area contributed by atoms with Gasteiger partial charge in [0.2, 0.25) is 0 Å². The third kappa shape index (κ3) is 2.82. The Morgan fingerprint density at radius 3 is 2.67 bits per heavy atom. The molecule has 94 valence electrons. The van der Waals surface area contributed by atoms with E-state index in [1.807, 2.05) is 0 Å². The van der Waals surface area contributed by atoms with Crippen molar-refractivity contribution in [2.24, 2.45) is 0 Å². The van der Waals surface area contributed by atoms with Crippen molar-refractivity contribution in [2.75, 3.05) is 0 Å². The first-order valence-electron chi connectivity index (χ1n) is 4.78. The van der Waals surface area contributed by atoms with Crippen LogP contribution in [-0.4, -0.2) is 14.7 Å². The van der Waals surface area contributed by atoms with E-state index < -0.39 is 4.92 Å². The van der Waals surface area contributed by atoms with Crippen molar-refractivity contribution in [3.8, 4) is 0 Å². The van der Waals surface area contributed by atoms with Crippen LogP contribution in [0.25, 0.3) is 0 Å².